The first kappa shape index (κ1) is 13.5. The van der Waals surface area contributed by atoms with E-state index in [2.05, 4.69) is 20.8 Å². The van der Waals surface area contributed by atoms with Gasteiger partial charge in [0.15, 0.2) is 0 Å². The van der Waals surface area contributed by atoms with Crippen LogP contribution in [-0.4, -0.2) is 17.9 Å². The molecule has 4 heteroatoms. The van der Waals surface area contributed by atoms with Crippen LogP contribution in [0.4, 0.5) is 0 Å². The van der Waals surface area contributed by atoms with Crippen LogP contribution in [0.15, 0.2) is 12.1 Å². The average Bonchev–Trinajstić information content (AvgIpc) is 2.48. The number of hydrogen-bond donors (Lipinski definition) is 0. The van der Waals surface area contributed by atoms with Crippen molar-refractivity contribution in [3.05, 3.63) is 21.3 Å². The molecule has 0 aromatic carbocycles. The number of thiophene rings is 1. The van der Waals surface area contributed by atoms with Crippen molar-refractivity contribution in [3.8, 4) is 0 Å². The van der Waals surface area contributed by atoms with Gasteiger partial charge in [-0.15, -0.1) is 11.3 Å². The number of amides is 1. The van der Waals surface area contributed by atoms with Gasteiger partial charge in [-0.3, -0.25) is 4.79 Å². The Morgan fingerprint density at radius 3 is 2.50 bits per heavy atom. The molecule has 0 saturated carbocycles. The summed E-state index contributed by atoms with van der Waals surface area (Å²) in [6.07, 6.45) is 0.572. The molecule has 0 bridgehead atoms. The molecule has 1 rings (SSSR count). The standard InChI is InChI=1S/C12H18ClNOS/c1-12(2,3)7-11(15)14(4)8-9-5-6-10(13)16-9/h5-6H,7-8H2,1-4H3. The maximum Gasteiger partial charge on any atom is 0.223 e. The van der Waals surface area contributed by atoms with Gasteiger partial charge in [-0.05, 0) is 17.5 Å². The van der Waals surface area contributed by atoms with Crippen LogP contribution in [0.25, 0.3) is 0 Å². The molecule has 1 aromatic heterocycles. The van der Waals surface area contributed by atoms with Crippen LogP contribution in [-0.2, 0) is 11.3 Å². The van der Waals surface area contributed by atoms with E-state index in [1.165, 1.54) is 11.3 Å². The number of nitrogens with zero attached hydrogens (tertiary/aromatic N) is 1. The number of halogens is 1. The summed E-state index contributed by atoms with van der Waals surface area (Å²) >= 11 is 7.37. The van der Waals surface area contributed by atoms with Gasteiger partial charge in [-0.25, -0.2) is 0 Å². The first-order valence-electron chi connectivity index (χ1n) is 5.26. The molecular weight excluding hydrogens is 242 g/mol. The summed E-state index contributed by atoms with van der Waals surface area (Å²) in [6, 6.07) is 3.83. The molecule has 0 atom stereocenters. The smallest absolute Gasteiger partial charge is 0.223 e. The van der Waals surface area contributed by atoms with Gasteiger partial charge in [-0.1, -0.05) is 32.4 Å². The molecule has 1 amide bonds. The van der Waals surface area contributed by atoms with Crippen molar-refractivity contribution in [2.75, 3.05) is 7.05 Å². The highest BCUT2D eigenvalue weighted by Gasteiger charge is 2.19. The zero-order valence-corrected chi connectivity index (χ0v) is 11.8. The normalized spacial score (nSPS) is 11.6. The minimum Gasteiger partial charge on any atom is -0.341 e. The zero-order chi connectivity index (χ0) is 12.3. The van der Waals surface area contributed by atoms with Gasteiger partial charge in [0.25, 0.3) is 0 Å². The van der Waals surface area contributed by atoms with Crippen molar-refractivity contribution in [1.82, 2.24) is 4.90 Å². The fourth-order valence-electron chi connectivity index (χ4n) is 1.35. The Morgan fingerprint density at radius 2 is 2.06 bits per heavy atom. The maximum atomic E-state index is 11.9. The third-order valence-electron chi connectivity index (χ3n) is 2.13. The van der Waals surface area contributed by atoms with Crippen LogP contribution in [0.5, 0.6) is 0 Å². The fourth-order valence-corrected chi connectivity index (χ4v) is 2.49. The molecule has 0 fully saturated rings. The van der Waals surface area contributed by atoms with E-state index in [-0.39, 0.29) is 11.3 Å². The molecule has 1 aromatic rings. The van der Waals surface area contributed by atoms with E-state index < -0.39 is 0 Å². The molecule has 0 radical (unpaired) electrons. The Labute approximate surface area is 106 Å². The van der Waals surface area contributed by atoms with Crippen molar-refractivity contribution in [3.63, 3.8) is 0 Å². The van der Waals surface area contributed by atoms with Crippen molar-refractivity contribution in [2.24, 2.45) is 5.41 Å². The molecule has 2 nitrogen and oxygen atoms in total. The topological polar surface area (TPSA) is 20.3 Å². The van der Waals surface area contributed by atoms with Crippen LogP contribution in [0, 0.1) is 5.41 Å². The average molecular weight is 260 g/mol. The first-order valence-corrected chi connectivity index (χ1v) is 6.45. The SMILES string of the molecule is CN(Cc1ccc(Cl)s1)C(=O)CC(C)(C)C. The Balaban J connectivity index is 2.52. The third-order valence-corrected chi connectivity index (χ3v) is 3.35. The van der Waals surface area contributed by atoms with Crippen LogP contribution in [0.2, 0.25) is 4.34 Å². The molecular formula is C12H18ClNOS. The summed E-state index contributed by atoms with van der Waals surface area (Å²) in [5.74, 6) is 0.178. The highest BCUT2D eigenvalue weighted by molar-refractivity contribution is 7.16. The van der Waals surface area contributed by atoms with Crippen LogP contribution in [0.3, 0.4) is 0 Å². The summed E-state index contributed by atoms with van der Waals surface area (Å²) in [6.45, 7) is 6.86. The molecule has 0 spiro atoms. The third kappa shape index (κ3) is 4.54. The Morgan fingerprint density at radius 1 is 1.44 bits per heavy atom. The van der Waals surface area contributed by atoms with Crippen molar-refractivity contribution in [1.29, 1.82) is 0 Å². The second-order valence-corrected chi connectivity index (χ2v) is 6.99. The minimum atomic E-state index is 0.0401. The Bertz CT molecular complexity index is 367. The van der Waals surface area contributed by atoms with Crippen molar-refractivity contribution < 1.29 is 4.79 Å². The molecule has 1 heterocycles. The van der Waals surface area contributed by atoms with E-state index in [1.54, 1.807) is 4.90 Å². The van der Waals surface area contributed by atoms with Crippen LogP contribution in [0.1, 0.15) is 32.1 Å². The van der Waals surface area contributed by atoms with Crippen molar-refractivity contribution >= 4 is 28.8 Å². The highest BCUT2D eigenvalue weighted by Crippen LogP contribution is 2.24. The Kier molecular flexibility index (Phi) is 4.39. The second kappa shape index (κ2) is 5.19. The van der Waals surface area contributed by atoms with E-state index >= 15 is 0 Å². The van der Waals surface area contributed by atoms with Crippen LogP contribution >= 0.6 is 22.9 Å². The summed E-state index contributed by atoms with van der Waals surface area (Å²) in [7, 11) is 1.84. The summed E-state index contributed by atoms with van der Waals surface area (Å²) in [5, 5.41) is 0. The molecule has 0 saturated heterocycles. The molecule has 16 heavy (non-hydrogen) atoms. The lowest BCUT2D eigenvalue weighted by Crippen LogP contribution is -2.29. The predicted molar refractivity (Wildman–Crippen MR) is 69.9 cm³/mol. The first-order chi connectivity index (χ1) is 7.28. The molecule has 0 aliphatic carbocycles. The van der Waals surface area contributed by atoms with E-state index in [0.717, 1.165) is 9.21 Å². The summed E-state index contributed by atoms with van der Waals surface area (Å²) in [5.41, 5.74) is 0.0401. The lowest BCUT2D eigenvalue weighted by atomic mass is 9.92. The minimum absolute atomic E-state index is 0.0401. The fraction of sp³-hybridized carbons (Fsp3) is 0.583. The van der Waals surface area contributed by atoms with E-state index in [9.17, 15) is 4.79 Å². The van der Waals surface area contributed by atoms with Gasteiger partial charge in [0, 0.05) is 18.3 Å². The van der Waals surface area contributed by atoms with Gasteiger partial charge in [-0.2, -0.15) is 0 Å². The van der Waals surface area contributed by atoms with Gasteiger partial charge in [0.05, 0.1) is 10.9 Å². The van der Waals surface area contributed by atoms with Gasteiger partial charge in [0.2, 0.25) is 5.91 Å². The molecule has 0 unspecified atom stereocenters. The van der Waals surface area contributed by atoms with Gasteiger partial charge >= 0.3 is 0 Å². The summed E-state index contributed by atoms with van der Waals surface area (Å²) < 4.78 is 0.770. The molecule has 0 aliphatic rings. The number of hydrogen-bond acceptors (Lipinski definition) is 2. The van der Waals surface area contributed by atoms with E-state index in [1.807, 2.05) is 19.2 Å². The number of carbonyl (C=O) groups excluding carboxylic acids is 1. The summed E-state index contributed by atoms with van der Waals surface area (Å²) in [4.78, 5) is 14.7. The Hall–Kier alpha value is -0.540. The monoisotopic (exact) mass is 259 g/mol. The highest BCUT2D eigenvalue weighted by atomic mass is 35.5. The molecule has 0 aliphatic heterocycles. The van der Waals surface area contributed by atoms with Gasteiger partial charge < -0.3 is 4.90 Å². The zero-order valence-electron chi connectivity index (χ0n) is 10.2. The molecule has 0 N–H and O–H groups in total. The number of carbonyl (C=O) groups is 1. The quantitative estimate of drug-likeness (QED) is 0.809. The second-order valence-electron chi connectivity index (χ2n) is 5.19. The van der Waals surface area contributed by atoms with Crippen molar-refractivity contribution in [2.45, 2.75) is 33.7 Å². The predicted octanol–water partition coefficient (Wildman–Crippen LogP) is 3.80. The largest absolute Gasteiger partial charge is 0.341 e. The van der Waals surface area contributed by atoms with E-state index in [4.69, 9.17) is 11.6 Å². The maximum absolute atomic E-state index is 11.9. The van der Waals surface area contributed by atoms with E-state index in [0.29, 0.717) is 13.0 Å². The lowest BCUT2D eigenvalue weighted by Gasteiger charge is -2.22. The van der Waals surface area contributed by atoms with Crippen LogP contribution < -0.4 is 0 Å². The number of rotatable bonds is 3. The molecule has 90 valence electrons. The lowest BCUT2D eigenvalue weighted by molar-refractivity contribution is -0.132. The van der Waals surface area contributed by atoms with Gasteiger partial charge in [0.1, 0.15) is 0 Å².